The van der Waals surface area contributed by atoms with Crippen LogP contribution in [0.15, 0.2) is 18.2 Å². The van der Waals surface area contributed by atoms with Crippen molar-refractivity contribution in [2.75, 3.05) is 0 Å². The summed E-state index contributed by atoms with van der Waals surface area (Å²) >= 11 is 0. The Labute approximate surface area is 87.2 Å². The predicted molar refractivity (Wildman–Crippen MR) is 49.6 cm³/mol. The summed E-state index contributed by atoms with van der Waals surface area (Å²) in [5.74, 6) is -0.870. The van der Waals surface area contributed by atoms with E-state index in [4.69, 9.17) is 5.73 Å². The highest BCUT2D eigenvalue weighted by atomic mass is 19.4. The average Bonchev–Trinajstić information content (AvgIpc) is 2.58. The second-order valence-corrected chi connectivity index (χ2v) is 3.19. The maximum atomic E-state index is 12.4. The van der Waals surface area contributed by atoms with Crippen molar-refractivity contribution in [2.45, 2.75) is 6.18 Å². The zero-order valence-electron chi connectivity index (χ0n) is 7.80. The number of hydrogen-bond acceptors (Lipinski definition) is 2. The van der Waals surface area contributed by atoms with Crippen molar-refractivity contribution in [3.05, 3.63) is 29.5 Å². The van der Waals surface area contributed by atoms with Crippen molar-refractivity contribution in [3.63, 3.8) is 0 Å². The molecule has 1 amide bonds. The van der Waals surface area contributed by atoms with Gasteiger partial charge in [0.15, 0.2) is 5.69 Å². The number of amides is 1. The van der Waals surface area contributed by atoms with Crippen molar-refractivity contribution in [3.8, 4) is 0 Å². The first-order valence-corrected chi connectivity index (χ1v) is 4.24. The lowest BCUT2D eigenvalue weighted by molar-refractivity contribution is -0.137. The number of primary amides is 1. The molecule has 0 aliphatic carbocycles. The number of nitrogens with one attached hydrogen (secondary N) is 1. The predicted octanol–water partition coefficient (Wildman–Crippen LogP) is 1.68. The minimum absolute atomic E-state index is 0.0716. The van der Waals surface area contributed by atoms with Crippen LogP contribution in [0.4, 0.5) is 13.2 Å². The smallest absolute Gasteiger partial charge is 0.364 e. The van der Waals surface area contributed by atoms with Gasteiger partial charge in [-0.25, -0.2) is 0 Å². The van der Waals surface area contributed by atoms with Crippen LogP contribution in [-0.2, 0) is 6.18 Å². The normalized spacial score (nSPS) is 11.9. The molecule has 0 spiro atoms. The third-order valence-corrected chi connectivity index (χ3v) is 2.12. The van der Waals surface area contributed by atoms with Crippen LogP contribution in [0.3, 0.4) is 0 Å². The lowest BCUT2D eigenvalue weighted by Crippen LogP contribution is -2.12. The van der Waals surface area contributed by atoms with E-state index < -0.39 is 17.6 Å². The lowest BCUT2D eigenvalue weighted by atomic mass is 10.1. The molecule has 0 atom stereocenters. The second kappa shape index (κ2) is 3.22. The molecule has 0 bridgehead atoms. The molecule has 2 aromatic rings. The number of halogens is 3. The van der Waals surface area contributed by atoms with Crippen LogP contribution < -0.4 is 5.73 Å². The molecule has 0 aliphatic heterocycles. The van der Waals surface area contributed by atoms with E-state index in [0.29, 0.717) is 5.52 Å². The Morgan fingerprint density at radius 3 is 2.62 bits per heavy atom. The van der Waals surface area contributed by atoms with Gasteiger partial charge in [0.1, 0.15) is 0 Å². The average molecular weight is 229 g/mol. The number of H-pyrrole nitrogens is 1. The second-order valence-electron chi connectivity index (χ2n) is 3.19. The maximum absolute atomic E-state index is 12.4. The number of nitrogens with two attached hydrogens (primary N) is 1. The molecule has 1 aromatic carbocycles. The monoisotopic (exact) mass is 229 g/mol. The fourth-order valence-corrected chi connectivity index (χ4v) is 1.38. The topological polar surface area (TPSA) is 71.8 Å². The molecule has 2 rings (SSSR count). The van der Waals surface area contributed by atoms with Crippen LogP contribution in [0, 0.1) is 0 Å². The summed E-state index contributed by atoms with van der Waals surface area (Å²) in [4.78, 5) is 10.9. The molecule has 0 unspecified atom stereocenters. The third kappa shape index (κ3) is 1.60. The molecule has 0 saturated heterocycles. The molecule has 1 aromatic heterocycles. The van der Waals surface area contributed by atoms with Crippen LogP contribution >= 0.6 is 0 Å². The number of carbonyl (C=O) groups is 1. The summed E-state index contributed by atoms with van der Waals surface area (Å²) in [7, 11) is 0. The minimum Gasteiger partial charge on any atom is -0.364 e. The van der Waals surface area contributed by atoms with Gasteiger partial charge in [-0.3, -0.25) is 9.89 Å². The molecular formula is C9H6F3N3O. The summed E-state index contributed by atoms with van der Waals surface area (Å²) < 4.78 is 37.2. The summed E-state index contributed by atoms with van der Waals surface area (Å²) in [6, 6.07) is 2.96. The first-order valence-electron chi connectivity index (χ1n) is 4.24. The number of nitrogens with zero attached hydrogens (tertiary/aromatic N) is 1. The standard InChI is InChI=1S/C9H6F3N3O/c10-9(11,12)4-1-2-6-5(3-4)7(8(13)16)15-14-6/h1-3H,(H2,13,16)(H,14,15). The molecule has 0 radical (unpaired) electrons. The van der Waals surface area contributed by atoms with E-state index in [1.165, 1.54) is 6.07 Å². The number of alkyl halides is 3. The molecule has 1 heterocycles. The van der Waals surface area contributed by atoms with Crippen LogP contribution in [0.2, 0.25) is 0 Å². The molecule has 0 fully saturated rings. The Hall–Kier alpha value is -2.05. The zero-order valence-corrected chi connectivity index (χ0v) is 7.80. The van der Waals surface area contributed by atoms with Gasteiger partial charge < -0.3 is 5.73 Å². The van der Waals surface area contributed by atoms with Crippen LogP contribution in [0.5, 0.6) is 0 Å². The van der Waals surface area contributed by atoms with E-state index in [1.807, 2.05) is 0 Å². The zero-order chi connectivity index (χ0) is 11.9. The fourth-order valence-electron chi connectivity index (χ4n) is 1.38. The fraction of sp³-hybridized carbons (Fsp3) is 0.111. The Bertz CT molecular complexity index is 559. The number of hydrogen-bond donors (Lipinski definition) is 2. The SMILES string of the molecule is NC(=O)c1n[nH]c2ccc(C(F)(F)F)cc12. The van der Waals surface area contributed by atoms with Crippen LogP contribution in [-0.4, -0.2) is 16.1 Å². The molecule has 4 nitrogen and oxygen atoms in total. The van der Waals surface area contributed by atoms with Crippen molar-refractivity contribution >= 4 is 16.8 Å². The summed E-state index contributed by atoms with van der Waals surface area (Å²) in [6.45, 7) is 0. The molecule has 0 saturated carbocycles. The number of fused-ring (bicyclic) bond motifs is 1. The van der Waals surface area contributed by atoms with E-state index >= 15 is 0 Å². The Balaban J connectivity index is 2.68. The van der Waals surface area contributed by atoms with E-state index in [1.54, 1.807) is 0 Å². The largest absolute Gasteiger partial charge is 0.416 e. The van der Waals surface area contributed by atoms with E-state index in [-0.39, 0.29) is 11.1 Å². The number of benzene rings is 1. The number of aromatic nitrogens is 2. The van der Waals surface area contributed by atoms with Gasteiger partial charge in [0.25, 0.3) is 5.91 Å². The molecule has 0 aliphatic rings. The molecule has 84 valence electrons. The van der Waals surface area contributed by atoms with Gasteiger partial charge in [-0.1, -0.05) is 0 Å². The van der Waals surface area contributed by atoms with E-state index in [2.05, 4.69) is 10.2 Å². The molecular weight excluding hydrogens is 223 g/mol. The quantitative estimate of drug-likeness (QED) is 0.780. The van der Waals surface area contributed by atoms with Gasteiger partial charge in [0.2, 0.25) is 0 Å². The highest BCUT2D eigenvalue weighted by Crippen LogP contribution is 2.31. The Kier molecular flexibility index (Phi) is 2.11. The van der Waals surface area contributed by atoms with Crippen LogP contribution in [0.25, 0.3) is 10.9 Å². The molecule has 3 N–H and O–H groups in total. The molecule has 16 heavy (non-hydrogen) atoms. The summed E-state index contributed by atoms with van der Waals surface area (Å²) in [6.07, 6.45) is -4.46. The van der Waals surface area contributed by atoms with Gasteiger partial charge in [0, 0.05) is 5.39 Å². The summed E-state index contributed by atoms with van der Waals surface area (Å²) in [5.41, 5.74) is 4.28. The van der Waals surface area contributed by atoms with Crippen molar-refractivity contribution in [1.82, 2.24) is 10.2 Å². The van der Waals surface area contributed by atoms with Gasteiger partial charge >= 0.3 is 6.18 Å². The number of carbonyl (C=O) groups excluding carboxylic acids is 1. The Morgan fingerprint density at radius 1 is 1.38 bits per heavy atom. The highest BCUT2D eigenvalue weighted by molar-refractivity contribution is 6.03. The van der Waals surface area contributed by atoms with E-state index in [0.717, 1.165) is 12.1 Å². The van der Waals surface area contributed by atoms with Gasteiger partial charge in [-0.2, -0.15) is 18.3 Å². The maximum Gasteiger partial charge on any atom is 0.416 e. The summed E-state index contributed by atoms with van der Waals surface area (Å²) in [5, 5.41) is 6.05. The van der Waals surface area contributed by atoms with E-state index in [9.17, 15) is 18.0 Å². The first kappa shape index (κ1) is 10.5. The Morgan fingerprint density at radius 2 is 2.06 bits per heavy atom. The van der Waals surface area contributed by atoms with Crippen molar-refractivity contribution in [2.24, 2.45) is 5.73 Å². The number of rotatable bonds is 1. The van der Waals surface area contributed by atoms with Crippen molar-refractivity contribution < 1.29 is 18.0 Å². The number of aromatic amines is 1. The highest BCUT2D eigenvalue weighted by Gasteiger charge is 2.31. The molecule has 7 heteroatoms. The first-order chi connectivity index (χ1) is 7.39. The van der Waals surface area contributed by atoms with Gasteiger partial charge in [-0.05, 0) is 18.2 Å². The van der Waals surface area contributed by atoms with Crippen molar-refractivity contribution in [1.29, 1.82) is 0 Å². The van der Waals surface area contributed by atoms with Gasteiger partial charge in [-0.15, -0.1) is 0 Å². The lowest BCUT2D eigenvalue weighted by Gasteiger charge is -2.05. The van der Waals surface area contributed by atoms with Crippen LogP contribution in [0.1, 0.15) is 16.1 Å². The van der Waals surface area contributed by atoms with Gasteiger partial charge in [0.05, 0.1) is 11.1 Å². The minimum atomic E-state index is -4.46. The third-order valence-electron chi connectivity index (χ3n) is 2.12.